The van der Waals surface area contributed by atoms with Crippen LogP contribution >= 0.6 is 0 Å². The van der Waals surface area contributed by atoms with Gasteiger partial charge in [0.05, 0.1) is 11.9 Å². The van der Waals surface area contributed by atoms with E-state index in [0.29, 0.717) is 6.07 Å². The standard InChI is InChI=1S/C13H10F2N2O3S/c1-21(19,20)12-3-2-11(7-16-12)17-13(18)8-4-9(14)6-10(15)5-8/h2-7H,1H3,(H,17,18). The van der Waals surface area contributed by atoms with Crippen molar-refractivity contribution in [2.45, 2.75) is 5.03 Å². The number of sulfone groups is 1. The Morgan fingerprint density at radius 1 is 1.14 bits per heavy atom. The Balaban J connectivity index is 2.20. The van der Waals surface area contributed by atoms with Crippen molar-refractivity contribution in [3.63, 3.8) is 0 Å². The van der Waals surface area contributed by atoms with E-state index in [2.05, 4.69) is 10.3 Å². The summed E-state index contributed by atoms with van der Waals surface area (Å²) >= 11 is 0. The Hall–Kier alpha value is -2.35. The Morgan fingerprint density at radius 3 is 2.24 bits per heavy atom. The summed E-state index contributed by atoms with van der Waals surface area (Å²) in [6, 6.07) is 4.97. The van der Waals surface area contributed by atoms with Gasteiger partial charge in [-0.3, -0.25) is 4.79 Å². The van der Waals surface area contributed by atoms with Crippen LogP contribution in [0.4, 0.5) is 14.5 Å². The SMILES string of the molecule is CS(=O)(=O)c1ccc(NC(=O)c2cc(F)cc(F)c2)cn1. The zero-order chi connectivity index (χ0) is 15.6. The number of pyridine rings is 1. The third-order valence-electron chi connectivity index (χ3n) is 2.50. The molecule has 5 nitrogen and oxygen atoms in total. The predicted molar refractivity (Wildman–Crippen MR) is 71.7 cm³/mol. The van der Waals surface area contributed by atoms with Crippen molar-refractivity contribution < 1.29 is 22.0 Å². The van der Waals surface area contributed by atoms with Crippen molar-refractivity contribution in [3.8, 4) is 0 Å². The molecule has 0 saturated carbocycles. The lowest BCUT2D eigenvalue weighted by Crippen LogP contribution is -2.13. The highest BCUT2D eigenvalue weighted by molar-refractivity contribution is 7.90. The number of halogens is 2. The second kappa shape index (κ2) is 5.57. The first-order valence-electron chi connectivity index (χ1n) is 5.69. The second-order valence-corrected chi connectivity index (χ2v) is 6.23. The molecule has 21 heavy (non-hydrogen) atoms. The molecule has 0 bridgehead atoms. The average Bonchev–Trinajstić information content (AvgIpc) is 2.37. The van der Waals surface area contributed by atoms with Crippen LogP contribution in [0.5, 0.6) is 0 Å². The minimum absolute atomic E-state index is 0.141. The number of anilines is 1. The molecule has 0 aliphatic carbocycles. The van der Waals surface area contributed by atoms with Gasteiger partial charge < -0.3 is 5.32 Å². The number of hydrogen-bond donors (Lipinski definition) is 1. The lowest BCUT2D eigenvalue weighted by atomic mass is 10.2. The number of carbonyl (C=O) groups is 1. The molecule has 0 unspecified atom stereocenters. The predicted octanol–water partition coefficient (Wildman–Crippen LogP) is 2.02. The highest BCUT2D eigenvalue weighted by atomic mass is 32.2. The number of benzene rings is 1. The quantitative estimate of drug-likeness (QED) is 0.940. The maximum Gasteiger partial charge on any atom is 0.255 e. The normalized spacial score (nSPS) is 11.2. The number of nitrogens with one attached hydrogen (secondary N) is 1. The van der Waals surface area contributed by atoms with Crippen LogP contribution in [0.2, 0.25) is 0 Å². The molecule has 1 amide bonds. The molecule has 2 aromatic rings. The van der Waals surface area contributed by atoms with Crippen molar-refractivity contribution in [3.05, 3.63) is 53.7 Å². The molecule has 8 heteroatoms. The summed E-state index contributed by atoms with van der Waals surface area (Å²) in [5, 5.41) is 2.22. The van der Waals surface area contributed by atoms with Crippen LogP contribution in [0.3, 0.4) is 0 Å². The van der Waals surface area contributed by atoms with Gasteiger partial charge in [-0.25, -0.2) is 22.2 Å². The topological polar surface area (TPSA) is 76.1 Å². The van der Waals surface area contributed by atoms with Crippen molar-refractivity contribution in [2.24, 2.45) is 0 Å². The molecule has 0 atom stereocenters. The third-order valence-corrected chi connectivity index (χ3v) is 3.50. The Morgan fingerprint density at radius 2 is 1.76 bits per heavy atom. The number of amides is 1. The van der Waals surface area contributed by atoms with Crippen molar-refractivity contribution in [1.82, 2.24) is 4.98 Å². The number of nitrogens with zero attached hydrogens (tertiary/aromatic N) is 1. The zero-order valence-electron chi connectivity index (χ0n) is 10.8. The fourth-order valence-corrected chi connectivity index (χ4v) is 2.12. The fraction of sp³-hybridized carbons (Fsp3) is 0.0769. The van der Waals surface area contributed by atoms with Crippen LogP contribution in [0.15, 0.2) is 41.6 Å². The van der Waals surface area contributed by atoms with E-state index in [0.717, 1.165) is 24.6 Å². The van der Waals surface area contributed by atoms with E-state index in [4.69, 9.17) is 0 Å². The Kier molecular flexibility index (Phi) is 3.99. The maximum atomic E-state index is 13.0. The van der Waals surface area contributed by atoms with Gasteiger partial charge in [-0.2, -0.15) is 0 Å². The molecule has 0 fully saturated rings. The Labute approximate surface area is 119 Å². The fourth-order valence-electron chi connectivity index (χ4n) is 1.56. The first kappa shape index (κ1) is 15.0. The van der Waals surface area contributed by atoms with Gasteiger partial charge in [-0.15, -0.1) is 0 Å². The molecule has 0 radical (unpaired) electrons. The van der Waals surface area contributed by atoms with Crippen molar-refractivity contribution in [1.29, 1.82) is 0 Å². The zero-order valence-corrected chi connectivity index (χ0v) is 11.6. The Bertz CT molecular complexity index is 769. The molecule has 1 aromatic heterocycles. The summed E-state index contributed by atoms with van der Waals surface area (Å²) in [4.78, 5) is 15.5. The summed E-state index contributed by atoms with van der Waals surface area (Å²) in [6.45, 7) is 0. The summed E-state index contributed by atoms with van der Waals surface area (Å²) in [5.41, 5.74) is 0.0109. The molecule has 0 aliphatic heterocycles. The van der Waals surface area contributed by atoms with Crippen LogP contribution in [0, 0.1) is 11.6 Å². The lowest BCUT2D eigenvalue weighted by molar-refractivity contribution is 0.102. The summed E-state index contributed by atoms with van der Waals surface area (Å²) < 4.78 is 48.5. The smallest absolute Gasteiger partial charge is 0.255 e. The first-order valence-corrected chi connectivity index (χ1v) is 7.58. The van der Waals surface area contributed by atoms with Gasteiger partial charge in [0.15, 0.2) is 14.9 Å². The average molecular weight is 312 g/mol. The van der Waals surface area contributed by atoms with Crippen molar-refractivity contribution >= 4 is 21.4 Å². The molecule has 1 heterocycles. The van der Waals surface area contributed by atoms with Gasteiger partial charge in [0, 0.05) is 17.9 Å². The minimum atomic E-state index is -3.43. The number of hydrogen-bond acceptors (Lipinski definition) is 4. The van der Waals surface area contributed by atoms with Gasteiger partial charge in [0.1, 0.15) is 11.6 Å². The highest BCUT2D eigenvalue weighted by Crippen LogP contribution is 2.13. The van der Waals surface area contributed by atoms with E-state index in [9.17, 15) is 22.0 Å². The molecular formula is C13H10F2N2O3S. The molecule has 0 saturated heterocycles. The number of carbonyl (C=O) groups excluding carboxylic acids is 1. The monoisotopic (exact) mass is 312 g/mol. The van der Waals surface area contributed by atoms with E-state index in [1.54, 1.807) is 0 Å². The van der Waals surface area contributed by atoms with Crippen LogP contribution in [-0.2, 0) is 9.84 Å². The first-order chi connectivity index (χ1) is 9.75. The van der Waals surface area contributed by atoms with Crippen LogP contribution in [-0.4, -0.2) is 25.6 Å². The van der Waals surface area contributed by atoms with E-state index in [1.165, 1.54) is 12.1 Å². The minimum Gasteiger partial charge on any atom is -0.321 e. The maximum absolute atomic E-state index is 13.0. The molecule has 110 valence electrons. The highest BCUT2D eigenvalue weighted by Gasteiger charge is 2.11. The van der Waals surface area contributed by atoms with Crippen LogP contribution in [0.25, 0.3) is 0 Å². The lowest BCUT2D eigenvalue weighted by Gasteiger charge is -2.06. The van der Waals surface area contributed by atoms with Gasteiger partial charge in [0.2, 0.25) is 0 Å². The molecule has 1 N–H and O–H groups in total. The largest absolute Gasteiger partial charge is 0.321 e. The van der Waals surface area contributed by atoms with Crippen LogP contribution in [0.1, 0.15) is 10.4 Å². The van der Waals surface area contributed by atoms with Crippen LogP contribution < -0.4 is 5.32 Å². The molecule has 2 rings (SSSR count). The molecular weight excluding hydrogens is 302 g/mol. The molecule has 0 spiro atoms. The summed E-state index contributed by atoms with van der Waals surface area (Å²) in [5.74, 6) is -2.47. The summed E-state index contributed by atoms with van der Waals surface area (Å²) in [6.07, 6.45) is 2.15. The van der Waals surface area contributed by atoms with Gasteiger partial charge >= 0.3 is 0 Å². The van der Waals surface area contributed by atoms with Gasteiger partial charge in [0.25, 0.3) is 5.91 Å². The molecule has 0 aliphatic rings. The van der Waals surface area contributed by atoms with E-state index in [1.807, 2.05) is 0 Å². The van der Waals surface area contributed by atoms with E-state index in [-0.39, 0.29) is 16.3 Å². The van der Waals surface area contributed by atoms with E-state index >= 15 is 0 Å². The summed E-state index contributed by atoms with van der Waals surface area (Å²) in [7, 11) is -3.43. The van der Waals surface area contributed by atoms with E-state index < -0.39 is 27.4 Å². The van der Waals surface area contributed by atoms with Gasteiger partial charge in [-0.1, -0.05) is 0 Å². The number of aromatic nitrogens is 1. The van der Waals surface area contributed by atoms with Crippen molar-refractivity contribution in [2.75, 3.05) is 11.6 Å². The number of rotatable bonds is 3. The molecule has 1 aromatic carbocycles. The van der Waals surface area contributed by atoms with Gasteiger partial charge in [-0.05, 0) is 24.3 Å². The second-order valence-electron chi connectivity index (χ2n) is 4.27. The third kappa shape index (κ3) is 3.82.